The van der Waals surface area contributed by atoms with E-state index in [-0.39, 0.29) is 18.1 Å². The van der Waals surface area contributed by atoms with Gasteiger partial charge in [-0.05, 0) is 12.1 Å². The van der Waals surface area contributed by atoms with Crippen molar-refractivity contribution in [3.05, 3.63) is 71.4 Å². The van der Waals surface area contributed by atoms with Gasteiger partial charge < -0.3 is 10.1 Å². The van der Waals surface area contributed by atoms with Gasteiger partial charge in [-0.15, -0.1) is 0 Å². The fourth-order valence-corrected chi connectivity index (χ4v) is 2.22. The van der Waals surface area contributed by atoms with Crippen molar-refractivity contribution in [1.82, 2.24) is 10.6 Å². The molecule has 6 nitrogen and oxygen atoms in total. The lowest BCUT2D eigenvalue weighted by Crippen LogP contribution is -2.22. The van der Waals surface area contributed by atoms with Gasteiger partial charge in [0, 0.05) is 11.1 Å². The third-order valence-corrected chi connectivity index (χ3v) is 3.39. The van der Waals surface area contributed by atoms with Gasteiger partial charge in [0.1, 0.15) is 11.4 Å². The van der Waals surface area contributed by atoms with Crippen molar-refractivity contribution in [2.75, 3.05) is 6.61 Å². The van der Waals surface area contributed by atoms with Crippen LogP contribution in [0.4, 0.5) is 4.79 Å². The minimum absolute atomic E-state index is 0.122. The summed E-state index contributed by atoms with van der Waals surface area (Å²) in [6.07, 6.45) is 1.50. The molecule has 120 valence electrons. The Balaban J connectivity index is 1.75. The van der Waals surface area contributed by atoms with Gasteiger partial charge in [-0.2, -0.15) is 0 Å². The molecule has 0 aromatic heterocycles. The lowest BCUT2D eigenvalue weighted by atomic mass is 10.1. The van der Waals surface area contributed by atoms with E-state index in [2.05, 4.69) is 10.6 Å². The van der Waals surface area contributed by atoms with Crippen molar-refractivity contribution in [2.24, 2.45) is 0 Å². The molecule has 0 atom stereocenters. The minimum Gasteiger partial charge on any atom is -0.485 e. The summed E-state index contributed by atoms with van der Waals surface area (Å²) in [7, 11) is 0. The molecular weight excluding hydrogens is 308 g/mol. The molecule has 0 unspecified atom stereocenters. The van der Waals surface area contributed by atoms with Gasteiger partial charge >= 0.3 is 6.03 Å². The van der Waals surface area contributed by atoms with Crippen molar-refractivity contribution >= 4 is 23.8 Å². The first kappa shape index (κ1) is 15.5. The Bertz CT molecular complexity index is 828. The molecule has 1 fully saturated rings. The Hall–Kier alpha value is -3.41. The number of imide groups is 1. The molecule has 0 spiro atoms. The highest BCUT2D eigenvalue weighted by Gasteiger charge is 2.23. The quantitative estimate of drug-likeness (QED) is 0.502. The Morgan fingerprint density at radius 2 is 1.67 bits per heavy atom. The summed E-state index contributed by atoms with van der Waals surface area (Å²) in [5.74, 6) is -0.205. The smallest absolute Gasteiger partial charge is 0.326 e. The van der Waals surface area contributed by atoms with Crippen LogP contribution in [0.25, 0.3) is 6.08 Å². The summed E-state index contributed by atoms with van der Waals surface area (Å²) in [5.41, 5.74) is 1.28. The highest BCUT2D eigenvalue weighted by Crippen LogP contribution is 2.21. The van der Waals surface area contributed by atoms with Crippen LogP contribution in [0.15, 0.2) is 60.3 Å². The molecule has 0 radical (unpaired) electrons. The van der Waals surface area contributed by atoms with Crippen LogP contribution in [-0.4, -0.2) is 24.3 Å². The number of amides is 3. The molecule has 6 heteroatoms. The Kier molecular flexibility index (Phi) is 4.38. The molecule has 1 saturated heterocycles. The summed E-state index contributed by atoms with van der Waals surface area (Å²) in [4.78, 5) is 34.9. The van der Waals surface area contributed by atoms with Gasteiger partial charge in [-0.25, -0.2) is 4.79 Å². The number of Topliss-reactive ketones (excluding diaryl/α,β-unsaturated/α-hetero) is 1. The van der Waals surface area contributed by atoms with E-state index >= 15 is 0 Å². The number of urea groups is 1. The summed E-state index contributed by atoms with van der Waals surface area (Å²) in [5, 5.41) is 4.54. The predicted molar refractivity (Wildman–Crippen MR) is 87.4 cm³/mol. The largest absolute Gasteiger partial charge is 0.485 e. The fraction of sp³-hybridized carbons (Fsp3) is 0.0556. The monoisotopic (exact) mass is 322 g/mol. The predicted octanol–water partition coefficient (Wildman–Crippen LogP) is 2.13. The normalized spacial score (nSPS) is 15.1. The number of hydrogen-bond acceptors (Lipinski definition) is 4. The number of ketones is 1. The molecular formula is C18H14N2O4. The Morgan fingerprint density at radius 1 is 0.958 bits per heavy atom. The van der Waals surface area contributed by atoms with Crippen LogP contribution in [0.2, 0.25) is 0 Å². The van der Waals surface area contributed by atoms with Gasteiger partial charge in [0.15, 0.2) is 12.4 Å². The zero-order chi connectivity index (χ0) is 16.9. The van der Waals surface area contributed by atoms with Gasteiger partial charge in [0.25, 0.3) is 5.91 Å². The molecule has 0 saturated carbocycles. The SMILES string of the molecule is O=C1NC(=O)/C(=C\c2ccccc2OCC(=O)c2ccccc2)N1. The molecule has 0 bridgehead atoms. The fourth-order valence-electron chi connectivity index (χ4n) is 2.22. The molecule has 1 heterocycles. The van der Waals surface area contributed by atoms with E-state index in [4.69, 9.17) is 4.74 Å². The maximum absolute atomic E-state index is 12.1. The zero-order valence-electron chi connectivity index (χ0n) is 12.6. The van der Waals surface area contributed by atoms with Gasteiger partial charge in [-0.3, -0.25) is 14.9 Å². The van der Waals surface area contributed by atoms with Gasteiger partial charge in [0.05, 0.1) is 0 Å². The van der Waals surface area contributed by atoms with Crippen LogP contribution in [0.1, 0.15) is 15.9 Å². The summed E-state index contributed by atoms with van der Waals surface area (Å²) >= 11 is 0. The molecule has 24 heavy (non-hydrogen) atoms. The first-order valence-corrected chi connectivity index (χ1v) is 7.27. The van der Waals surface area contributed by atoms with Crippen molar-refractivity contribution in [3.63, 3.8) is 0 Å². The summed E-state index contributed by atoms with van der Waals surface area (Å²) in [6, 6.07) is 15.2. The Labute approximate surface area is 138 Å². The first-order valence-electron chi connectivity index (χ1n) is 7.27. The third kappa shape index (κ3) is 3.49. The number of nitrogens with one attached hydrogen (secondary N) is 2. The molecule has 0 aliphatic carbocycles. The number of carbonyl (C=O) groups is 3. The highest BCUT2D eigenvalue weighted by molar-refractivity contribution is 6.14. The second-order valence-corrected chi connectivity index (χ2v) is 5.08. The van der Waals surface area contributed by atoms with Gasteiger partial charge in [-0.1, -0.05) is 48.5 Å². The number of rotatable bonds is 5. The van der Waals surface area contributed by atoms with E-state index in [1.54, 1.807) is 48.5 Å². The summed E-state index contributed by atoms with van der Waals surface area (Å²) in [6.45, 7) is -0.122. The Morgan fingerprint density at radius 3 is 2.38 bits per heavy atom. The first-order chi connectivity index (χ1) is 11.6. The lowest BCUT2D eigenvalue weighted by molar-refractivity contribution is -0.115. The number of benzene rings is 2. The van der Waals surface area contributed by atoms with Crippen LogP contribution >= 0.6 is 0 Å². The maximum Gasteiger partial charge on any atom is 0.326 e. The molecule has 1 aliphatic heterocycles. The van der Waals surface area contributed by atoms with Crippen LogP contribution < -0.4 is 15.4 Å². The number of ether oxygens (including phenoxy) is 1. The topological polar surface area (TPSA) is 84.5 Å². The number of para-hydroxylation sites is 1. The molecule has 1 aliphatic rings. The molecule has 3 rings (SSSR count). The van der Waals surface area contributed by atoms with Gasteiger partial charge in [0.2, 0.25) is 0 Å². The molecule has 3 amide bonds. The third-order valence-electron chi connectivity index (χ3n) is 3.39. The zero-order valence-corrected chi connectivity index (χ0v) is 12.6. The van der Waals surface area contributed by atoms with Crippen LogP contribution in [0.5, 0.6) is 5.75 Å². The van der Waals surface area contributed by atoms with E-state index in [1.165, 1.54) is 6.08 Å². The average Bonchev–Trinajstić information content (AvgIpc) is 2.92. The molecule has 2 aromatic carbocycles. The van der Waals surface area contributed by atoms with Crippen molar-refractivity contribution in [2.45, 2.75) is 0 Å². The second-order valence-electron chi connectivity index (χ2n) is 5.08. The molecule has 2 aromatic rings. The average molecular weight is 322 g/mol. The summed E-state index contributed by atoms with van der Waals surface area (Å²) < 4.78 is 5.59. The van der Waals surface area contributed by atoms with E-state index in [0.717, 1.165) is 0 Å². The second kappa shape index (κ2) is 6.78. The van der Waals surface area contributed by atoms with Crippen LogP contribution in [0, 0.1) is 0 Å². The number of carbonyl (C=O) groups excluding carboxylic acids is 3. The van der Waals surface area contributed by atoms with Crippen LogP contribution in [-0.2, 0) is 4.79 Å². The van der Waals surface area contributed by atoms with Crippen molar-refractivity contribution in [3.8, 4) is 5.75 Å². The van der Waals surface area contributed by atoms with E-state index in [1.807, 2.05) is 6.07 Å². The minimum atomic E-state index is -0.566. The number of hydrogen-bond donors (Lipinski definition) is 2. The molecule has 2 N–H and O–H groups in total. The lowest BCUT2D eigenvalue weighted by Gasteiger charge is -2.09. The highest BCUT2D eigenvalue weighted by atomic mass is 16.5. The maximum atomic E-state index is 12.1. The van der Waals surface area contributed by atoms with Crippen LogP contribution in [0.3, 0.4) is 0 Å². The van der Waals surface area contributed by atoms with E-state index in [0.29, 0.717) is 16.9 Å². The van der Waals surface area contributed by atoms with E-state index in [9.17, 15) is 14.4 Å². The van der Waals surface area contributed by atoms with Crippen molar-refractivity contribution < 1.29 is 19.1 Å². The van der Waals surface area contributed by atoms with E-state index < -0.39 is 11.9 Å². The van der Waals surface area contributed by atoms with Crippen molar-refractivity contribution in [1.29, 1.82) is 0 Å². The standard InChI is InChI=1S/C18H14N2O4/c21-15(12-6-2-1-3-7-12)11-24-16-9-5-4-8-13(16)10-14-17(22)20-18(23)19-14/h1-10H,11H2,(H2,19,20,22,23)/b14-10+.